The first-order valence-electron chi connectivity index (χ1n) is 8.79. The van der Waals surface area contributed by atoms with E-state index in [4.69, 9.17) is 11.6 Å². The van der Waals surface area contributed by atoms with Crippen LogP contribution in [-0.4, -0.2) is 22.2 Å². The van der Waals surface area contributed by atoms with Crippen LogP contribution in [0.3, 0.4) is 0 Å². The Bertz CT molecular complexity index is 1030. The maximum atomic E-state index is 13.8. The van der Waals surface area contributed by atoms with E-state index < -0.39 is 5.82 Å². The van der Waals surface area contributed by atoms with E-state index in [0.717, 1.165) is 11.1 Å². The van der Waals surface area contributed by atoms with Crippen LogP contribution in [0.5, 0.6) is 0 Å². The van der Waals surface area contributed by atoms with E-state index in [1.165, 1.54) is 28.9 Å². The van der Waals surface area contributed by atoms with E-state index in [1.54, 1.807) is 6.07 Å². The van der Waals surface area contributed by atoms with Gasteiger partial charge in [-0.3, -0.25) is 9.59 Å². The van der Waals surface area contributed by atoms with Crippen molar-refractivity contribution in [1.82, 2.24) is 15.1 Å². The van der Waals surface area contributed by atoms with Crippen LogP contribution in [0.4, 0.5) is 4.39 Å². The largest absolute Gasteiger partial charge is 0.354 e. The molecule has 0 aliphatic carbocycles. The highest BCUT2D eigenvalue weighted by atomic mass is 35.5. The molecule has 0 saturated heterocycles. The average Bonchev–Trinajstić information content (AvgIpc) is 2.67. The minimum atomic E-state index is -0.522. The number of hydrogen-bond donors (Lipinski definition) is 1. The van der Waals surface area contributed by atoms with Crippen molar-refractivity contribution < 1.29 is 9.18 Å². The van der Waals surface area contributed by atoms with Crippen LogP contribution in [0.1, 0.15) is 11.1 Å². The summed E-state index contributed by atoms with van der Waals surface area (Å²) >= 11 is 5.93. The molecule has 2 aromatic carbocycles. The van der Waals surface area contributed by atoms with Gasteiger partial charge in [-0.15, -0.1) is 0 Å². The number of nitrogens with zero attached hydrogens (tertiary/aromatic N) is 2. The van der Waals surface area contributed by atoms with Crippen LogP contribution in [0.2, 0.25) is 5.02 Å². The van der Waals surface area contributed by atoms with Crippen molar-refractivity contribution in [3.8, 4) is 11.3 Å². The summed E-state index contributed by atoms with van der Waals surface area (Å²) in [5.74, 6) is -0.902. The molecule has 0 atom stereocenters. The minimum Gasteiger partial charge on any atom is -0.354 e. The van der Waals surface area contributed by atoms with Gasteiger partial charge in [-0.1, -0.05) is 47.5 Å². The Labute approximate surface area is 166 Å². The lowest BCUT2D eigenvalue weighted by Crippen LogP contribution is -2.32. The van der Waals surface area contributed by atoms with Crippen molar-refractivity contribution in [3.05, 3.63) is 86.9 Å². The Morgan fingerprint density at radius 2 is 1.89 bits per heavy atom. The van der Waals surface area contributed by atoms with Crippen LogP contribution in [0.15, 0.2) is 59.4 Å². The predicted octanol–water partition coefficient (Wildman–Crippen LogP) is 3.37. The van der Waals surface area contributed by atoms with Gasteiger partial charge in [0, 0.05) is 28.8 Å². The Balaban J connectivity index is 1.63. The minimum absolute atomic E-state index is 0.151. The molecule has 144 valence electrons. The Hall–Kier alpha value is -2.99. The summed E-state index contributed by atoms with van der Waals surface area (Å²) < 4.78 is 15.1. The second kappa shape index (κ2) is 8.80. The van der Waals surface area contributed by atoms with Crippen LogP contribution >= 0.6 is 11.6 Å². The highest BCUT2D eigenvalue weighted by molar-refractivity contribution is 6.31. The molecule has 1 aromatic heterocycles. The van der Waals surface area contributed by atoms with Crippen molar-refractivity contribution in [2.75, 3.05) is 6.54 Å². The second-order valence-electron chi connectivity index (χ2n) is 6.37. The van der Waals surface area contributed by atoms with Crippen molar-refractivity contribution in [3.63, 3.8) is 0 Å². The molecule has 5 nitrogen and oxygen atoms in total. The third-order valence-electron chi connectivity index (χ3n) is 4.26. The summed E-state index contributed by atoms with van der Waals surface area (Å²) in [5.41, 5.74) is 2.59. The number of halogens is 2. The lowest BCUT2D eigenvalue weighted by molar-refractivity contribution is -0.120. The number of aryl methyl sites for hydroxylation is 1. The zero-order valence-corrected chi connectivity index (χ0v) is 16.0. The molecule has 0 saturated carbocycles. The Morgan fingerprint density at radius 1 is 1.14 bits per heavy atom. The summed E-state index contributed by atoms with van der Waals surface area (Å²) in [6, 6.07) is 15.2. The van der Waals surface area contributed by atoms with Gasteiger partial charge in [0.25, 0.3) is 5.56 Å². The van der Waals surface area contributed by atoms with Crippen LogP contribution in [0, 0.1) is 12.7 Å². The first kappa shape index (κ1) is 19.8. The third kappa shape index (κ3) is 4.84. The SMILES string of the molecule is Cc1ccc(-c2ccc(=O)n(CCNC(=O)Cc3c(F)cccc3Cl)n2)cc1. The number of carbonyl (C=O) groups is 1. The van der Waals surface area contributed by atoms with E-state index in [0.29, 0.717) is 5.69 Å². The van der Waals surface area contributed by atoms with Crippen molar-refractivity contribution in [2.24, 2.45) is 0 Å². The first-order chi connectivity index (χ1) is 13.4. The lowest BCUT2D eigenvalue weighted by atomic mass is 10.1. The number of hydrogen-bond acceptors (Lipinski definition) is 3. The van der Waals surface area contributed by atoms with Gasteiger partial charge < -0.3 is 5.32 Å². The zero-order valence-electron chi connectivity index (χ0n) is 15.3. The third-order valence-corrected chi connectivity index (χ3v) is 4.61. The predicted molar refractivity (Wildman–Crippen MR) is 107 cm³/mol. The van der Waals surface area contributed by atoms with Gasteiger partial charge in [-0.25, -0.2) is 9.07 Å². The quantitative estimate of drug-likeness (QED) is 0.691. The molecular weight excluding hydrogens is 381 g/mol. The van der Waals surface area contributed by atoms with E-state index >= 15 is 0 Å². The molecule has 0 aliphatic heterocycles. The first-order valence-corrected chi connectivity index (χ1v) is 9.16. The Morgan fingerprint density at radius 3 is 2.61 bits per heavy atom. The van der Waals surface area contributed by atoms with Crippen LogP contribution in [0.25, 0.3) is 11.3 Å². The molecule has 1 amide bonds. The number of amides is 1. The molecule has 1 N–H and O–H groups in total. The number of aromatic nitrogens is 2. The van der Waals surface area contributed by atoms with Crippen LogP contribution in [-0.2, 0) is 17.8 Å². The Kier molecular flexibility index (Phi) is 6.21. The van der Waals surface area contributed by atoms with Gasteiger partial charge in [0.1, 0.15) is 5.82 Å². The molecule has 7 heteroatoms. The maximum Gasteiger partial charge on any atom is 0.266 e. The number of benzene rings is 2. The highest BCUT2D eigenvalue weighted by Gasteiger charge is 2.12. The fourth-order valence-corrected chi connectivity index (χ4v) is 2.94. The monoisotopic (exact) mass is 399 g/mol. The molecule has 0 fully saturated rings. The molecule has 0 spiro atoms. The molecule has 3 rings (SSSR count). The maximum absolute atomic E-state index is 13.8. The van der Waals surface area contributed by atoms with Gasteiger partial charge in [-0.2, -0.15) is 5.10 Å². The summed E-state index contributed by atoms with van der Waals surface area (Å²) in [6.45, 7) is 2.39. The average molecular weight is 400 g/mol. The van der Waals surface area contributed by atoms with E-state index in [2.05, 4.69) is 10.4 Å². The molecule has 28 heavy (non-hydrogen) atoms. The van der Waals surface area contributed by atoms with Gasteiger partial charge in [0.15, 0.2) is 0 Å². The molecule has 0 aliphatic rings. The summed E-state index contributed by atoms with van der Waals surface area (Å²) in [4.78, 5) is 24.1. The normalized spacial score (nSPS) is 10.7. The summed E-state index contributed by atoms with van der Waals surface area (Å²) in [7, 11) is 0. The lowest BCUT2D eigenvalue weighted by Gasteiger charge is -2.10. The van der Waals surface area contributed by atoms with Gasteiger partial charge in [0.05, 0.1) is 18.7 Å². The fourth-order valence-electron chi connectivity index (χ4n) is 2.71. The van der Waals surface area contributed by atoms with Gasteiger partial charge in [0.2, 0.25) is 5.91 Å². The van der Waals surface area contributed by atoms with E-state index in [-0.39, 0.29) is 41.6 Å². The van der Waals surface area contributed by atoms with Crippen molar-refractivity contribution in [1.29, 1.82) is 0 Å². The second-order valence-corrected chi connectivity index (χ2v) is 6.78. The molecule has 0 bridgehead atoms. The number of carbonyl (C=O) groups excluding carboxylic acids is 1. The molecule has 3 aromatic rings. The molecule has 0 radical (unpaired) electrons. The molecule has 1 heterocycles. The standard InChI is InChI=1S/C21H19ClFN3O2/c1-14-5-7-15(8-6-14)19-9-10-21(28)26(25-19)12-11-24-20(27)13-16-17(22)3-2-4-18(16)23/h2-10H,11-13H2,1H3,(H,24,27). The molecular formula is C21H19ClFN3O2. The fraction of sp³-hybridized carbons (Fsp3) is 0.190. The summed E-state index contributed by atoms with van der Waals surface area (Å²) in [5, 5.41) is 7.22. The van der Waals surface area contributed by atoms with E-state index in [9.17, 15) is 14.0 Å². The smallest absolute Gasteiger partial charge is 0.266 e. The topological polar surface area (TPSA) is 64.0 Å². The zero-order chi connectivity index (χ0) is 20.1. The molecule has 0 unspecified atom stereocenters. The number of rotatable bonds is 6. The van der Waals surface area contributed by atoms with Crippen LogP contribution < -0.4 is 10.9 Å². The summed E-state index contributed by atoms with van der Waals surface area (Å²) in [6.07, 6.45) is -0.169. The highest BCUT2D eigenvalue weighted by Crippen LogP contribution is 2.19. The van der Waals surface area contributed by atoms with Gasteiger partial charge in [-0.05, 0) is 25.1 Å². The number of nitrogens with one attached hydrogen (secondary N) is 1. The van der Waals surface area contributed by atoms with Crippen molar-refractivity contribution >= 4 is 17.5 Å². The van der Waals surface area contributed by atoms with E-state index in [1.807, 2.05) is 31.2 Å². The van der Waals surface area contributed by atoms with Crippen molar-refractivity contribution in [2.45, 2.75) is 19.9 Å². The van der Waals surface area contributed by atoms with Gasteiger partial charge >= 0.3 is 0 Å².